The van der Waals surface area contributed by atoms with Crippen LogP contribution in [0.1, 0.15) is 51.0 Å². The Bertz CT molecular complexity index is 980. The summed E-state index contributed by atoms with van der Waals surface area (Å²) in [4.78, 5) is 34.9. The molecular weight excluding hydrogens is 528 g/mol. The number of ether oxygens (including phenoxy) is 2. The van der Waals surface area contributed by atoms with E-state index in [4.69, 9.17) is 14.6 Å². The Morgan fingerprint density at radius 3 is 2.76 bits per heavy atom. The van der Waals surface area contributed by atoms with Gasteiger partial charge >= 0.3 is 5.97 Å². The van der Waals surface area contributed by atoms with Crippen LogP contribution in [0, 0.1) is 0 Å². The fraction of sp³-hybridized carbons (Fsp3) is 0.500. The van der Waals surface area contributed by atoms with Gasteiger partial charge in [0.15, 0.2) is 23.3 Å². The number of nitrogens with one attached hydrogen (secondary N) is 2. The van der Waals surface area contributed by atoms with Crippen molar-refractivity contribution in [2.75, 3.05) is 13.2 Å². The SMILES string of the molecule is CCOc1cc(C=NN=C2NC(=O)C(CC(=O)O)S2)cc(Br)c1OCC(=O)NC1CCCCC1. The number of hydrogen-bond acceptors (Lipinski definition) is 8. The Balaban J connectivity index is 1.63. The first kappa shape index (κ1) is 26.0. The van der Waals surface area contributed by atoms with E-state index in [9.17, 15) is 14.4 Å². The number of amides is 2. The van der Waals surface area contributed by atoms with Crippen molar-refractivity contribution in [2.45, 2.75) is 56.7 Å². The molecule has 0 spiro atoms. The molecule has 3 N–H and O–H groups in total. The summed E-state index contributed by atoms with van der Waals surface area (Å²) in [5.41, 5.74) is 0.648. The Kier molecular flexibility index (Phi) is 9.75. The van der Waals surface area contributed by atoms with Crippen molar-refractivity contribution >= 4 is 56.9 Å². The minimum absolute atomic E-state index is 0.120. The number of carbonyl (C=O) groups excluding carboxylic acids is 2. The third-order valence-corrected chi connectivity index (χ3v) is 6.80. The molecule has 184 valence electrons. The number of hydrogen-bond donors (Lipinski definition) is 3. The van der Waals surface area contributed by atoms with Gasteiger partial charge in [-0.1, -0.05) is 31.0 Å². The van der Waals surface area contributed by atoms with Crippen LogP contribution in [0.25, 0.3) is 0 Å². The summed E-state index contributed by atoms with van der Waals surface area (Å²) in [5, 5.41) is 21.8. The van der Waals surface area contributed by atoms with Crippen LogP contribution >= 0.6 is 27.7 Å². The van der Waals surface area contributed by atoms with E-state index in [1.54, 1.807) is 12.1 Å². The van der Waals surface area contributed by atoms with Crippen LogP contribution in [0.3, 0.4) is 0 Å². The summed E-state index contributed by atoms with van der Waals surface area (Å²) in [6.07, 6.45) is 6.67. The number of amidine groups is 1. The van der Waals surface area contributed by atoms with Gasteiger partial charge in [0.2, 0.25) is 5.91 Å². The molecule has 1 aliphatic carbocycles. The Morgan fingerprint density at radius 2 is 2.06 bits per heavy atom. The van der Waals surface area contributed by atoms with E-state index in [1.807, 2.05) is 6.92 Å². The van der Waals surface area contributed by atoms with Crippen LogP contribution in [-0.2, 0) is 14.4 Å². The molecule has 34 heavy (non-hydrogen) atoms. The Hall–Kier alpha value is -2.60. The summed E-state index contributed by atoms with van der Waals surface area (Å²) in [7, 11) is 0. The third-order valence-electron chi connectivity index (χ3n) is 5.14. The molecule has 12 heteroatoms. The molecule has 1 aromatic carbocycles. The van der Waals surface area contributed by atoms with Crippen molar-refractivity contribution in [1.82, 2.24) is 10.6 Å². The topological polar surface area (TPSA) is 139 Å². The predicted molar refractivity (Wildman–Crippen MR) is 133 cm³/mol. The van der Waals surface area contributed by atoms with E-state index in [0.717, 1.165) is 37.4 Å². The second-order valence-corrected chi connectivity index (χ2v) is 9.84. The number of rotatable bonds is 10. The molecule has 2 aliphatic rings. The number of nitrogens with zero attached hydrogens (tertiary/aromatic N) is 2. The van der Waals surface area contributed by atoms with E-state index in [0.29, 0.717) is 28.1 Å². The van der Waals surface area contributed by atoms with E-state index >= 15 is 0 Å². The molecule has 1 saturated carbocycles. The van der Waals surface area contributed by atoms with Crippen molar-refractivity contribution in [3.8, 4) is 11.5 Å². The summed E-state index contributed by atoms with van der Waals surface area (Å²) >= 11 is 4.49. The summed E-state index contributed by atoms with van der Waals surface area (Å²) in [6, 6.07) is 3.66. The highest BCUT2D eigenvalue weighted by Crippen LogP contribution is 2.36. The lowest BCUT2D eigenvalue weighted by Crippen LogP contribution is -2.39. The Morgan fingerprint density at radius 1 is 1.29 bits per heavy atom. The maximum absolute atomic E-state index is 12.3. The third kappa shape index (κ3) is 7.73. The first-order valence-electron chi connectivity index (χ1n) is 11.0. The van der Waals surface area contributed by atoms with Gasteiger partial charge in [-0.3, -0.25) is 14.4 Å². The fourth-order valence-corrected chi connectivity index (χ4v) is 5.10. The van der Waals surface area contributed by atoms with Crippen molar-refractivity contribution in [1.29, 1.82) is 0 Å². The number of benzene rings is 1. The van der Waals surface area contributed by atoms with Gasteiger partial charge in [-0.25, -0.2) is 0 Å². The standard InChI is InChI=1S/C22H27BrN4O6S/c1-2-32-16-9-13(11-24-27-22-26-21(31)17(34-22)10-19(29)30)8-15(23)20(16)33-12-18(28)25-14-6-4-3-5-7-14/h8-9,11,14,17H,2-7,10,12H2,1H3,(H,25,28)(H,29,30)(H,26,27,31). The minimum atomic E-state index is -1.06. The molecule has 2 fully saturated rings. The van der Waals surface area contributed by atoms with Crippen molar-refractivity contribution in [2.24, 2.45) is 10.2 Å². The monoisotopic (exact) mass is 554 g/mol. The number of aliphatic carboxylic acids is 1. The number of carboxylic acids is 1. The molecule has 1 aromatic rings. The quantitative estimate of drug-likeness (QED) is 0.298. The average molecular weight is 555 g/mol. The van der Waals surface area contributed by atoms with Gasteiger partial charge in [-0.15, -0.1) is 5.10 Å². The van der Waals surface area contributed by atoms with Gasteiger partial charge < -0.3 is 25.2 Å². The van der Waals surface area contributed by atoms with E-state index in [2.05, 4.69) is 36.8 Å². The highest BCUT2D eigenvalue weighted by atomic mass is 79.9. The first-order chi connectivity index (χ1) is 16.4. The molecule has 2 amide bonds. The smallest absolute Gasteiger partial charge is 0.305 e. The highest BCUT2D eigenvalue weighted by molar-refractivity contribution is 9.10. The van der Waals surface area contributed by atoms with Crippen LogP contribution in [0.15, 0.2) is 26.8 Å². The van der Waals surface area contributed by atoms with Crippen LogP contribution < -0.4 is 20.1 Å². The molecule has 1 aliphatic heterocycles. The molecule has 1 saturated heterocycles. The van der Waals surface area contributed by atoms with Crippen LogP contribution in [-0.4, -0.2) is 58.8 Å². The second kappa shape index (κ2) is 12.7. The van der Waals surface area contributed by atoms with Crippen LogP contribution in [0.4, 0.5) is 0 Å². The van der Waals surface area contributed by atoms with Gasteiger partial charge in [0.25, 0.3) is 5.91 Å². The van der Waals surface area contributed by atoms with E-state index < -0.39 is 17.1 Å². The molecule has 0 bridgehead atoms. The van der Waals surface area contributed by atoms with Crippen molar-refractivity contribution in [3.05, 3.63) is 22.2 Å². The van der Waals surface area contributed by atoms with E-state index in [1.165, 1.54) is 12.6 Å². The maximum atomic E-state index is 12.3. The number of thioether (sulfide) groups is 1. The highest BCUT2D eigenvalue weighted by Gasteiger charge is 2.32. The van der Waals surface area contributed by atoms with Gasteiger partial charge in [-0.2, -0.15) is 5.10 Å². The minimum Gasteiger partial charge on any atom is -0.490 e. The van der Waals surface area contributed by atoms with Crippen molar-refractivity contribution < 1.29 is 29.0 Å². The van der Waals surface area contributed by atoms with Gasteiger partial charge in [0.05, 0.1) is 23.7 Å². The largest absolute Gasteiger partial charge is 0.490 e. The zero-order valence-electron chi connectivity index (χ0n) is 18.7. The predicted octanol–water partition coefficient (Wildman–Crippen LogP) is 3.07. The molecule has 0 radical (unpaired) electrons. The summed E-state index contributed by atoms with van der Waals surface area (Å²) in [6.45, 7) is 2.12. The lowest BCUT2D eigenvalue weighted by atomic mass is 9.95. The van der Waals surface area contributed by atoms with Gasteiger partial charge in [0.1, 0.15) is 5.25 Å². The summed E-state index contributed by atoms with van der Waals surface area (Å²) in [5.74, 6) is -0.767. The fourth-order valence-electron chi connectivity index (χ4n) is 3.61. The maximum Gasteiger partial charge on any atom is 0.305 e. The molecule has 3 rings (SSSR count). The normalized spacial score (nSPS) is 19.9. The van der Waals surface area contributed by atoms with Crippen LogP contribution in [0.5, 0.6) is 11.5 Å². The Labute approximate surface area is 210 Å². The number of halogens is 1. The zero-order chi connectivity index (χ0) is 24.5. The number of carboxylic acid groups (broad SMARTS) is 1. The molecule has 1 heterocycles. The van der Waals surface area contributed by atoms with E-state index in [-0.39, 0.29) is 30.1 Å². The summed E-state index contributed by atoms with van der Waals surface area (Å²) < 4.78 is 12.0. The molecule has 1 unspecified atom stereocenters. The number of carbonyl (C=O) groups is 3. The van der Waals surface area contributed by atoms with Crippen LogP contribution in [0.2, 0.25) is 0 Å². The van der Waals surface area contributed by atoms with Crippen molar-refractivity contribution in [3.63, 3.8) is 0 Å². The first-order valence-corrected chi connectivity index (χ1v) is 12.7. The van der Waals surface area contributed by atoms with Gasteiger partial charge in [0, 0.05) is 6.04 Å². The zero-order valence-corrected chi connectivity index (χ0v) is 21.1. The second-order valence-electron chi connectivity index (χ2n) is 7.80. The lowest BCUT2D eigenvalue weighted by Gasteiger charge is -2.23. The molecule has 1 atom stereocenters. The van der Waals surface area contributed by atoms with Gasteiger partial charge in [-0.05, 0) is 53.4 Å². The lowest BCUT2D eigenvalue weighted by molar-refractivity contribution is -0.138. The molecule has 0 aromatic heterocycles. The molecular formula is C22H27BrN4O6S. The molecule has 10 nitrogen and oxygen atoms in total. The average Bonchev–Trinajstić information content (AvgIpc) is 3.12.